The third kappa shape index (κ3) is 6.16. The van der Waals surface area contributed by atoms with Gasteiger partial charge in [-0.25, -0.2) is 0 Å². The normalized spacial score (nSPS) is 10.4. The van der Waals surface area contributed by atoms with Crippen LogP contribution in [-0.4, -0.2) is 14.5 Å². The number of aromatic nitrogens is 3. The summed E-state index contributed by atoms with van der Waals surface area (Å²) in [5.41, 5.74) is 10.9. The summed E-state index contributed by atoms with van der Waals surface area (Å²) in [4.78, 5) is 9.21. The molecule has 42 heavy (non-hydrogen) atoms. The van der Waals surface area contributed by atoms with Gasteiger partial charge in [-0.1, -0.05) is 60.3 Å². The summed E-state index contributed by atoms with van der Waals surface area (Å²) in [6.07, 6.45) is 1.79. The van der Waals surface area contributed by atoms with Crippen molar-refractivity contribution >= 4 is 11.0 Å². The van der Waals surface area contributed by atoms with Crippen molar-refractivity contribution in [1.29, 1.82) is 0 Å². The molecule has 3 nitrogen and oxygen atoms in total. The predicted octanol–water partition coefficient (Wildman–Crippen LogP) is 9.12. The van der Waals surface area contributed by atoms with Gasteiger partial charge in [-0.05, 0) is 58.9 Å². The average molecular weight is 719 g/mol. The first-order chi connectivity index (χ1) is 20.2. The fraction of sp³-hybridized carbons (Fsp3) is 0.0526. The Labute approximate surface area is 260 Å². The van der Waals surface area contributed by atoms with Gasteiger partial charge in [-0.3, -0.25) is 4.98 Å². The van der Waals surface area contributed by atoms with Crippen LogP contribution in [0.5, 0.6) is 0 Å². The number of para-hydroxylation sites is 2. The Morgan fingerprint density at radius 1 is 0.619 bits per heavy atom. The van der Waals surface area contributed by atoms with Crippen molar-refractivity contribution in [1.82, 2.24) is 14.5 Å². The summed E-state index contributed by atoms with van der Waals surface area (Å²) >= 11 is 0. The quantitative estimate of drug-likeness (QED) is 0.170. The molecule has 2 aromatic heterocycles. The maximum Gasteiger partial charge on any atom is 3.00 e. The van der Waals surface area contributed by atoms with Gasteiger partial charge < -0.3 is 9.55 Å². The van der Waals surface area contributed by atoms with E-state index in [1.807, 2.05) is 84.9 Å². The Hall–Kier alpha value is -4.63. The van der Waals surface area contributed by atoms with E-state index in [2.05, 4.69) is 84.1 Å². The molecule has 0 bridgehead atoms. The van der Waals surface area contributed by atoms with Crippen molar-refractivity contribution in [3.8, 4) is 39.5 Å². The van der Waals surface area contributed by atoms with E-state index in [1.54, 1.807) is 6.20 Å². The number of rotatable bonds is 4. The number of pyridine rings is 1. The molecule has 0 saturated heterocycles. The van der Waals surface area contributed by atoms with Gasteiger partial charge in [0.15, 0.2) is 0 Å². The summed E-state index contributed by atoms with van der Waals surface area (Å²) in [5, 5.41) is 0. The number of aryl methyl sites for hydroxylation is 2. The zero-order valence-corrected chi connectivity index (χ0v) is 25.8. The molecule has 0 aliphatic rings. The largest absolute Gasteiger partial charge is 3.00 e. The number of nitrogens with zero attached hydrogens (tertiary/aromatic N) is 3. The molecule has 2 heterocycles. The van der Waals surface area contributed by atoms with Crippen LogP contribution in [0.3, 0.4) is 0 Å². The summed E-state index contributed by atoms with van der Waals surface area (Å²) < 4.78 is 2.16. The maximum atomic E-state index is 5.00. The average Bonchev–Trinajstić information content (AvgIpc) is 3.42. The molecule has 0 spiro atoms. The third-order valence-electron chi connectivity index (χ3n) is 6.92. The van der Waals surface area contributed by atoms with E-state index < -0.39 is 0 Å². The fourth-order valence-electron chi connectivity index (χ4n) is 5.07. The van der Waals surface area contributed by atoms with Crippen LogP contribution in [0, 0.1) is 32.0 Å². The first kappa shape index (κ1) is 28.9. The van der Waals surface area contributed by atoms with Gasteiger partial charge >= 0.3 is 20.1 Å². The van der Waals surface area contributed by atoms with E-state index in [-0.39, 0.29) is 20.1 Å². The standard InChI is InChI=1S/C27H20N2.C11H8N.Ir/c1-19-17-22(21-11-5-3-6-12-21)18-20(2)26(19)27-28-24-15-9-10-16-25(24)29(27)23-13-7-4-8-14-23;1-2-6-10(7-3-1)11-8-4-5-9-12-11;/h3-13,15,17-18H,1-2H3;1-6,8-9H;/q-2;-1;+3. The molecular formula is C38H28IrN3. The molecule has 0 N–H and O–H groups in total. The van der Waals surface area contributed by atoms with Crippen molar-refractivity contribution < 1.29 is 20.1 Å². The summed E-state index contributed by atoms with van der Waals surface area (Å²) in [7, 11) is 0. The fourth-order valence-corrected chi connectivity index (χ4v) is 5.07. The summed E-state index contributed by atoms with van der Waals surface area (Å²) in [6, 6.07) is 52.5. The van der Waals surface area contributed by atoms with Gasteiger partial charge in [-0.2, -0.15) is 42.5 Å². The van der Waals surface area contributed by atoms with E-state index in [9.17, 15) is 0 Å². The van der Waals surface area contributed by atoms with Crippen LogP contribution in [-0.2, 0) is 20.1 Å². The van der Waals surface area contributed by atoms with Crippen molar-refractivity contribution in [2.24, 2.45) is 0 Å². The Morgan fingerprint density at radius 2 is 1.31 bits per heavy atom. The van der Waals surface area contributed by atoms with Crippen LogP contribution >= 0.6 is 0 Å². The first-order valence-electron chi connectivity index (χ1n) is 13.6. The Balaban J connectivity index is 0.000000228. The van der Waals surface area contributed by atoms with E-state index in [4.69, 9.17) is 4.98 Å². The zero-order chi connectivity index (χ0) is 28.0. The molecule has 0 saturated carbocycles. The SMILES string of the molecule is Cc1cc(-c2ccccc2)cc(C)c1-c1nc2ccc[c-]c2n1-c1[c-]cccc1.[Ir+3].[c-]1ccccc1-c1ccccn1. The minimum atomic E-state index is 0. The van der Waals surface area contributed by atoms with Crippen molar-refractivity contribution in [2.75, 3.05) is 0 Å². The number of hydrogen-bond donors (Lipinski definition) is 0. The molecule has 4 heteroatoms. The minimum absolute atomic E-state index is 0. The van der Waals surface area contributed by atoms with Crippen LogP contribution in [0.4, 0.5) is 0 Å². The molecule has 0 atom stereocenters. The molecule has 7 aromatic rings. The van der Waals surface area contributed by atoms with Crippen LogP contribution in [0.25, 0.3) is 50.5 Å². The van der Waals surface area contributed by atoms with Gasteiger partial charge in [0.25, 0.3) is 0 Å². The van der Waals surface area contributed by atoms with Gasteiger partial charge in [-0.15, -0.1) is 48.0 Å². The van der Waals surface area contributed by atoms with Crippen LogP contribution in [0.2, 0.25) is 0 Å². The second-order valence-corrected chi connectivity index (χ2v) is 9.76. The van der Waals surface area contributed by atoms with Crippen molar-refractivity contribution in [3.63, 3.8) is 0 Å². The Bertz CT molecular complexity index is 1820. The summed E-state index contributed by atoms with van der Waals surface area (Å²) in [5.74, 6) is 0.930. The summed E-state index contributed by atoms with van der Waals surface area (Å²) in [6.45, 7) is 4.33. The minimum Gasteiger partial charge on any atom is -0.342 e. The van der Waals surface area contributed by atoms with Gasteiger partial charge in [0.05, 0.1) is 0 Å². The van der Waals surface area contributed by atoms with E-state index in [0.717, 1.165) is 39.4 Å². The van der Waals surface area contributed by atoms with E-state index >= 15 is 0 Å². The molecule has 0 aliphatic heterocycles. The second kappa shape index (κ2) is 13.4. The smallest absolute Gasteiger partial charge is 0.342 e. The van der Waals surface area contributed by atoms with Gasteiger partial charge in [0.1, 0.15) is 5.82 Å². The predicted molar refractivity (Wildman–Crippen MR) is 168 cm³/mol. The molecule has 204 valence electrons. The number of hydrogen-bond acceptors (Lipinski definition) is 2. The molecule has 0 unspecified atom stereocenters. The van der Waals surface area contributed by atoms with E-state index in [0.29, 0.717) is 0 Å². The number of fused-ring (bicyclic) bond motifs is 1. The zero-order valence-electron chi connectivity index (χ0n) is 23.4. The third-order valence-corrected chi connectivity index (χ3v) is 6.92. The molecule has 0 aliphatic carbocycles. The van der Waals surface area contributed by atoms with Crippen LogP contribution in [0.1, 0.15) is 11.1 Å². The topological polar surface area (TPSA) is 30.7 Å². The number of benzene rings is 5. The van der Waals surface area contributed by atoms with Crippen LogP contribution in [0.15, 0.2) is 134 Å². The molecule has 0 fully saturated rings. The van der Waals surface area contributed by atoms with Gasteiger partial charge in [0.2, 0.25) is 0 Å². The molecule has 7 rings (SSSR count). The van der Waals surface area contributed by atoms with Crippen molar-refractivity contribution in [3.05, 3.63) is 163 Å². The monoisotopic (exact) mass is 719 g/mol. The van der Waals surface area contributed by atoms with E-state index in [1.165, 1.54) is 22.3 Å². The number of imidazole rings is 1. The van der Waals surface area contributed by atoms with Gasteiger partial charge in [0, 0.05) is 11.8 Å². The molecule has 5 aromatic carbocycles. The second-order valence-electron chi connectivity index (χ2n) is 9.76. The molecule has 0 amide bonds. The molecular weight excluding hydrogens is 691 g/mol. The van der Waals surface area contributed by atoms with Crippen LogP contribution < -0.4 is 0 Å². The Kier molecular flexibility index (Phi) is 9.18. The Morgan fingerprint density at radius 3 is 1.98 bits per heavy atom. The van der Waals surface area contributed by atoms with Crippen molar-refractivity contribution in [2.45, 2.75) is 13.8 Å². The maximum absolute atomic E-state index is 5.00. The first-order valence-corrected chi connectivity index (χ1v) is 13.6. The molecule has 0 radical (unpaired) electrons.